The summed E-state index contributed by atoms with van der Waals surface area (Å²) < 4.78 is 89.7. The first-order valence-electron chi connectivity index (χ1n) is 9.35. The van der Waals surface area contributed by atoms with Gasteiger partial charge in [-0.3, -0.25) is 0 Å². The predicted octanol–water partition coefficient (Wildman–Crippen LogP) is 4.79. The van der Waals surface area contributed by atoms with E-state index in [2.05, 4.69) is 0 Å². The summed E-state index contributed by atoms with van der Waals surface area (Å²) in [7, 11) is 0. The van der Waals surface area contributed by atoms with Crippen LogP contribution in [0.1, 0.15) is 19.8 Å². The highest BCUT2D eigenvalue weighted by Gasteiger charge is 2.40. The lowest BCUT2D eigenvalue weighted by Crippen LogP contribution is -2.72. The molecule has 3 aromatic rings. The first kappa shape index (κ1) is 21.0. The zero-order valence-corrected chi connectivity index (χ0v) is 15.7. The number of rotatable bonds is 6. The van der Waals surface area contributed by atoms with Gasteiger partial charge in [0.2, 0.25) is 0 Å². The Kier molecular flexibility index (Phi) is 6.06. The largest absolute Gasteiger partial charge is 0.210 e. The molecule has 0 aromatic heterocycles. The maximum absolute atomic E-state index is 15.0. The fourth-order valence-electron chi connectivity index (χ4n) is 4.32. The molecule has 0 fully saturated rings. The third kappa shape index (κ3) is 3.54. The molecule has 3 aromatic carbocycles. The molecule has 0 nitrogen and oxygen atoms in total. The lowest BCUT2D eigenvalue weighted by molar-refractivity contribution is 0.585. The van der Waals surface area contributed by atoms with Crippen LogP contribution in [0.2, 0.25) is 6.32 Å². The van der Waals surface area contributed by atoms with Crippen LogP contribution < -0.4 is 16.4 Å². The van der Waals surface area contributed by atoms with Crippen LogP contribution >= 0.6 is 0 Å². The zero-order chi connectivity index (χ0) is 21.2. The lowest BCUT2D eigenvalue weighted by Gasteiger charge is -2.43. The van der Waals surface area contributed by atoms with Gasteiger partial charge in [-0.2, -0.15) is 6.32 Å². The first-order chi connectivity index (χ1) is 13.8. The van der Waals surface area contributed by atoms with Crippen molar-refractivity contribution in [2.45, 2.75) is 26.1 Å². The van der Waals surface area contributed by atoms with Gasteiger partial charge in [-0.05, 0) is 36.4 Å². The number of hydrogen-bond acceptors (Lipinski definition) is 0. The molecule has 7 heteroatoms. The second-order valence-electron chi connectivity index (χ2n) is 7.09. The van der Waals surface area contributed by atoms with E-state index in [1.54, 1.807) is 6.92 Å². The van der Waals surface area contributed by atoms with Gasteiger partial charge in [0.05, 0.1) is 34.9 Å². The molecule has 0 unspecified atom stereocenters. The molecule has 0 saturated carbocycles. The molecule has 0 atom stereocenters. The number of unbranched alkanes of at least 4 members (excludes halogenated alkanes) is 1. The fraction of sp³-hybridized carbons (Fsp3) is 0.182. The summed E-state index contributed by atoms with van der Waals surface area (Å²) >= 11 is 0. The van der Waals surface area contributed by atoms with E-state index < -0.39 is 57.4 Å². The summed E-state index contributed by atoms with van der Waals surface area (Å²) in [6.45, 7) is 1.76. The highest BCUT2D eigenvalue weighted by Crippen LogP contribution is 2.24. The monoisotopic (exact) mass is 407 g/mol. The molecule has 152 valence electrons. The van der Waals surface area contributed by atoms with Crippen LogP contribution in [0.15, 0.2) is 54.6 Å². The Morgan fingerprint density at radius 3 is 1.07 bits per heavy atom. The van der Waals surface area contributed by atoms with Crippen molar-refractivity contribution < 1.29 is 26.3 Å². The van der Waals surface area contributed by atoms with Crippen LogP contribution in [-0.2, 0) is 0 Å². The lowest BCUT2D eigenvalue weighted by atomic mass is 9.13. The van der Waals surface area contributed by atoms with Crippen LogP contribution in [0.4, 0.5) is 26.3 Å². The van der Waals surface area contributed by atoms with Crippen molar-refractivity contribution in [3.8, 4) is 0 Å². The summed E-state index contributed by atoms with van der Waals surface area (Å²) in [5.74, 6) is -6.71. The van der Waals surface area contributed by atoms with Gasteiger partial charge in [0, 0.05) is 0 Å². The van der Waals surface area contributed by atoms with Gasteiger partial charge in [-0.25, -0.2) is 26.3 Å². The first-order valence-corrected chi connectivity index (χ1v) is 9.35. The molecule has 0 radical (unpaired) electrons. The van der Waals surface area contributed by atoms with Gasteiger partial charge in [-0.15, -0.1) is 16.4 Å². The second-order valence-corrected chi connectivity index (χ2v) is 7.09. The van der Waals surface area contributed by atoms with Crippen LogP contribution in [0, 0.1) is 34.9 Å². The standard InChI is InChI=1S/C22H18BF6/c1-2-3-13-23(20-14(24)7-4-8-15(20)25,21-16(26)9-5-10-17(21)27)22-18(28)11-6-12-19(22)29/h4-12H,2-3,13H2,1H3/q-1. The van der Waals surface area contributed by atoms with E-state index in [1.165, 1.54) is 0 Å². The van der Waals surface area contributed by atoms with Crippen molar-refractivity contribution in [3.05, 3.63) is 89.5 Å². The molecule has 29 heavy (non-hydrogen) atoms. The van der Waals surface area contributed by atoms with E-state index in [0.717, 1.165) is 54.6 Å². The van der Waals surface area contributed by atoms with Crippen molar-refractivity contribution in [2.24, 2.45) is 0 Å². The normalized spacial score (nSPS) is 11.7. The topological polar surface area (TPSA) is 0 Å². The SMILES string of the molecule is CCCC[B-](c1c(F)cccc1F)(c1c(F)cccc1F)c1c(F)cccc1F. The summed E-state index contributed by atoms with van der Waals surface area (Å²) in [4.78, 5) is 0. The predicted molar refractivity (Wildman–Crippen MR) is 103 cm³/mol. The zero-order valence-electron chi connectivity index (χ0n) is 15.7. The van der Waals surface area contributed by atoms with Gasteiger partial charge in [0.15, 0.2) is 0 Å². The fourth-order valence-corrected chi connectivity index (χ4v) is 4.32. The quantitative estimate of drug-likeness (QED) is 0.407. The minimum absolute atomic E-state index is 0.231. The van der Waals surface area contributed by atoms with Gasteiger partial charge in [0.25, 0.3) is 0 Å². The molecule has 0 heterocycles. The third-order valence-corrected chi connectivity index (χ3v) is 5.47. The summed E-state index contributed by atoms with van der Waals surface area (Å²) in [6, 6.07) is 8.75. The van der Waals surface area contributed by atoms with Crippen molar-refractivity contribution in [3.63, 3.8) is 0 Å². The van der Waals surface area contributed by atoms with Crippen LogP contribution in [0.25, 0.3) is 0 Å². The Labute approximate surface area is 165 Å². The van der Waals surface area contributed by atoms with Crippen molar-refractivity contribution >= 4 is 22.5 Å². The molecule has 0 N–H and O–H groups in total. The van der Waals surface area contributed by atoms with Crippen LogP contribution in [0.5, 0.6) is 0 Å². The maximum atomic E-state index is 15.0. The van der Waals surface area contributed by atoms with E-state index >= 15 is 0 Å². The minimum Gasteiger partial charge on any atom is -0.210 e. The Morgan fingerprint density at radius 2 is 0.828 bits per heavy atom. The molecule has 0 aliphatic carbocycles. The highest BCUT2D eigenvalue weighted by molar-refractivity contribution is 7.11. The highest BCUT2D eigenvalue weighted by atomic mass is 19.2. The summed E-state index contributed by atoms with van der Waals surface area (Å²) in [5.41, 5.74) is -2.18. The maximum Gasteiger partial charge on any atom is 0.103 e. The Bertz CT molecular complexity index is 848. The Balaban J connectivity index is 2.58. The molecule has 0 bridgehead atoms. The van der Waals surface area contributed by atoms with Crippen molar-refractivity contribution in [2.75, 3.05) is 0 Å². The van der Waals surface area contributed by atoms with Crippen molar-refractivity contribution in [1.29, 1.82) is 0 Å². The Morgan fingerprint density at radius 1 is 0.552 bits per heavy atom. The second kappa shape index (κ2) is 8.35. The number of halogens is 6. The average molecular weight is 407 g/mol. The van der Waals surface area contributed by atoms with E-state index in [1.807, 2.05) is 0 Å². The molecule has 0 spiro atoms. The Hall–Kier alpha value is -2.70. The van der Waals surface area contributed by atoms with Crippen LogP contribution in [-0.4, -0.2) is 6.15 Å². The molecule has 0 aliphatic rings. The average Bonchev–Trinajstić information content (AvgIpc) is 2.65. The van der Waals surface area contributed by atoms with Crippen LogP contribution in [0.3, 0.4) is 0 Å². The molecule has 3 rings (SSSR count). The van der Waals surface area contributed by atoms with Crippen molar-refractivity contribution in [1.82, 2.24) is 0 Å². The summed E-state index contributed by atoms with van der Waals surface area (Å²) in [5, 5.41) is 0. The molecular weight excluding hydrogens is 389 g/mol. The van der Waals surface area contributed by atoms with E-state index in [0.29, 0.717) is 6.42 Å². The van der Waals surface area contributed by atoms with Gasteiger partial charge in [0.1, 0.15) is 6.15 Å². The molecular formula is C22H18BF6-. The van der Waals surface area contributed by atoms with Gasteiger partial charge < -0.3 is 0 Å². The minimum atomic E-state index is -3.32. The third-order valence-electron chi connectivity index (χ3n) is 5.47. The molecule has 0 amide bonds. The van der Waals surface area contributed by atoms with Gasteiger partial charge in [-0.1, -0.05) is 38.0 Å². The molecule has 0 saturated heterocycles. The number of benzene rings is 3. The smallest absolute Gasteiger partial charge is 0.103 e. The van der Waals surface area contributed by atoms with E-state index in [4.69, 9.17) is 0 Å². The summed E-state index contributed by atoms with van der Waals surface area (Å²) in [6.07, 6.45) is -2.85. The van der Waals surface area contributed by atoms with E-state index in [9.17, 15) is 26.3 Å². The number of hydrogen-bond donors (Lipinski definition) is 0. The van der Waals surface area contributed by atoms with Gasteiger partial charge >= 0.3 is 0 Å². The van der Waals surface area contributed by atoms with E-state index in [-0.39, 0.29) is 12.7 Å². The molecule has 0 aliphatic heterocycles.